The highest BCUT2D eigenvalue weighted by molar-refractivity contribution is 6.31. The molecule has 9 rings (SSSR count). The third kappa shape index (κ3) is 14.4. The number of esters is 2. The lowest BCUT2D eigenvalue weighted by molar-refractivity contribution is 0.0592. The zero-order valence-corrected chi connectivity index (χ0v) is 40.1. The van der Waals surface area contributed by atoms with Gasteiger partial charge in [0.1, 0.15) is 5.75 Å². The van der Waals surface area contributed by atoms with Gasteiger partial charge in [-0.3, -0.25) is 10.0 Å². The quantitative estimate of drug-likeness (QED) is 0.0770. The molecule has 11 nitrogen and oxygen atoms in total. The van der Waals surface area contributed by atoms with Crippen LogP contribution in [-0.2, 0) is 41.8 Å². The Morgan fingerprint density at radius 3 is 1.46 bits per heavy atom. The fraction of sp³-hybridized carbons (Fsp3) is 0.264. The smallest absolute Gasteiger partial charge is 0.337 e. The topological polar surface area (TPSA) is 130 Å². The van der Waals surface area contributed by atoms with E-state index in [0.717, 1.165) is 91.2 Å². The molecule has 6 aromatic rings. The van der Waals surface area contributed by atoms with Gasteiger partial charge in [-0.2, -0.15) is 0 Å². The lowest BCUT2D eigenvalue weighted by Gasteiger charge is -2.31. The van der Waals surface area contributed by atoms with E-state index >= 15 is 0 Å². The first kappa shape index (κ1) is 50.2. The molecule has 0 aromatic heterocycles. The Morgan fingerprint density at radius 2 is 1.00 bits per heavy atom. The van der Waals surface area contributed by atoms with E-state index < -0.39 is 5.91 Å². The second-order valence-corrected chi connectivity index (χ2v) is 17.3. The van der Waals surface area contributed by atoms with Crippen LogP contribution in [-0.4, -0.2) is 64.0 Å². The number of halogens is 3. The van der Waals surface area contributed by atoms with Gasteiger partial charge in [-0.1, -0.05) is 59.1 Å². The molecule has 0 aliphatic carbocycles. The third-order valence-electron chi connectivity index (χ3n) is 11.5. The number of amides is 1. The lowest BCUT2D eigenvalue weighted by Crippen LogP contribution is -2.28. The summed E-state index contributed by atoms with van der Waals surface area (Å²) in [6.45, 7) is 4.75. The summed E-state index contributed by atoms with van der Waals surface area (Å²) in [6.07, 6.45) is 6.75. The summed E-state index contributed by atoms with van der Waals surface area (Å²) >= 11 is 18.0. The zero-order chi connectivity index (χ0) is 47.7. The van der Waals surface area contributed by atoms with Crippen molar-refractivity contribution in [1.82, 2.24) is 5.48 Å². The summed E-state index contributed by atoms with van der Waals surface area (Å²) in [5, 5.41) is 14.4. The van der Waals surface area contributed by atoms with Gasteiger partial charge in [0.25, 0.3) is 5.91 Å². The highest BCUT2D eigenvalue weighted by Gasteiger charge is 2.19. The maximum Gasteiger partial charge on any atom is 0.337 e. The monoisotopic (exact) mass is 964 g/mol. The van der Waals surface area contributed by atoms with Crippen LogP contribution in [0.2, 0.25) is 15.1 Å². The number of benzene rings is 6. The van der Waals surface area contributed by atoms with Gasteiger partial charge < -0.3 is 29.3 Å². The molecular weight excluding hydrogens is 911 g/mol. The highest BCUT2D eigenvalue weighted by atomic mass is 35.5. The number of fused-ring (bicyclic) bond motifs is 3. The van der Waals surface area contributed by atoms with Gasteiger partial charge in [0.05, 0.1) is 32.5 Å². The number of carbonyl (C=O) groups excluding carboxylic acids is 3. The molecule has 0 bridgehead atoms. The number of hydrogen-bond acceptors (Lipinski definition) is 10. The number of hydrogen-bond donors (Lipinski definition) is 3. The summed E-state index contributed by atoms with van der Waals surface area (Å²) in [5.41, 5.74) is 13.2. The van der Waals surface area contributed by atoms with E-state index in [4.69, 9.17) is 49.5 Å². The Kier molecular flexibility index (Phi) is 18.8. The third-order valence-corrected chi connectivity index (χ3v) is 12.2. The highest BCUT2D eigenvalue weighted by Crippen LogP contribution is 2.32. The van der Waals surface area contributed by atoms with E-state index in [-0.39, 0.29) is 11.9 Å². The average molecular weight is 966 g/mol. The Hall–Kier alpha value is -6.24. The van der Waals surface area contributed by atoms with Gasteiger partial charge in [-0.25, -0.2) is 15.1 Å². The minimum absolute atomic E-state index is 0.301. The SMILES string of the molecule is COC(=O)c1ccc(CN2CCCc3cc(Cl)ccc32)cc1.COC(=O)c1ccc(OC)cc1.Clc1ccc2c(c1)CCCN2.O=C(NO)c1ccc(CN2CCCc3cc(Cl)ccc32)cc1. The maximum atomic E-state index is 11.5. The molecule has 6 aromatic carbocycles. The van der Waals surface area contributed by atoms with Crippen LogP contribution >= 0.6 is 34.8 Å². The molecule has 67 heavy (non-hydrogen) atoms. The molecule has 0 radical (unpaired) electrons. The minimum Gasteiger partial charge on any atom is -0.497 e. The summed E-state index contributed by atoms with van der Waals surface area (Å²) < 4.78 is 14.2. The maximum absolute atomic E-state index is 11.5. The Balaban J connectivity index is 0.000000154. The lowest BCUT2D eigenvalue weighted by atomic mass is 10.0. The standard InChI is InChI=1S/C18H18ClNO2.C17H17ClN2O2.C9H10ClN.C9H10O3/c1-22-18(21)14-6-4-13(5-7-14)12-20-10-2-3-15-11-16(19)8-9-17(15)20;18-15-7-8-16-14(10-15)2-1-9-20(16)11-12-3-5-13(6-4-12)17(21)19-22;10-8-3-4-9-7(6-8)2-1-5-11-9;1-11-8-5-3-7(4-6-8)9(10)12-2/h4-9,11H,2-3,10,12H2,1H3;3-8,10,22H,1-2,9,11H2,(H,19,21);3-4,6,11H,1-2,5H2;3-6H,1-2H3. The molecular formula is C53H55Cl3N4O7. The van der Waals surface area contributed by atoms with Crippen molar-refractivity contribution in [2.24, 2.45) is 0 Å². The van der Waals surface area contributed by atoms with E-state index in [9.17, 15) is 14.4 Å². The Bertz CT molecular complexity index is 2470. The van der Waals surface area contributed by atoms with E-state index in [1.807, 2.05) is 66.7 Å². The molecule has 0 saturated heterocycles. The van der Waals surface area contributed by atoms with Crippen LogP contribution in [0.25, 0.3) is 0 Å². The molecule has 3 aliphatic rings. The first-order valence-electron chi connectivity index (χ1n) is 22.0. The fourth-order valence-corrected chi connectivity index (χ4v) is 8.62. The van der Waals surface area contributed by atoms with Crippen LogP contribution in [0.1, 0.15) is 78.2 Å². The summed E-state index contributed by atoms with van der Waals surface area (Å²) in [6, 6.07) is 39.8. The zero-order valence-electron chi connectivity index (χ0n) is 37.8. The van der Waals surface area contributed by atoms with Crippen molar-refractivity contribution < 1.29 is 33.8 Å². The number of rotatable bonds is 8. The van der Waals surface area contributed by atoms with Crippen molar-refractivity contribution in [2.45, 2.75) is 51.6 Å². The predicted molar refractivity (Wildman–Crippen MR) is 268 cm³/mol. The second-order valence-electron chi connectivity index (χ2n) is 16.0. The molecule has 14 heteroatoms. The molecule has 0 saturated carbocycles. The number of aryl methyl sites for hydroxylation is 3. The molecule has 0 fully saturated rings. The Morgan fingerprint density at radius 1 is 0.567 bits per heavy atom. The first-order chi connectivity index (χ1) is 32.5. The summed E-state index contributed by atoms with van der Waals surface area (Å²) in [4.78, 5) is 38.4. The number of ether oxygens (including phenoxy) is 3. The predicted octanol–water partition coefficient (Wildman–Crippen LogP) is 11.7. The van der Waals surface area contributed by atoms with Crippen LogP contribution in [0.5, 0.6) is 5.75 Å². The van der Waals surface area contributed by atoms with Crippen molar-refractivity contribution >= 4 is 69.7 Å². The average Bonchev–Trinajstić information content (AvgIpc) is 3.36. The summed E-state index contributed by atoms with van der Waals surface area (Å²) in [7, 11) is 4.33. The van der Waals surface area contributed by atoms with Crippen molar-refractivity contribution in [1.29, 1.82) is 0 Å². The van der Waals surface area contributed by atoms with Crippen molar-refractivity contribution in [2.75, 3.05) is 56.1 Å². The normalized spacial score (nSPS) is 13.1. The van der Waals surface area contributed by atoms with Gasteiger partial charge in [-0.15, -0.1) is 0 Å². The van der Waals surface area contributed by atoms with Crippen LogP contribution < -0.4 is 25.3 Å². The van der Waals surface area contributed by atoms with Crippen LogP contribution in [0, 0.1) is 0 Å². The van der Waals surface area contributed by atoms with Crippen LogP contribution in [0.3, 0.4) is 0 Å². The van der Waals surface area contributed by atoms with E-state index in [1.54, 1.807) is 49.0 Å². The number of methoxy groups -OCH3 is 3. The Labute approximate surface area is 407 Å². The molecule has 3 N–H and O–H groups in total. The number of carbonyl (C=O) groups is 3. The molecule has 3 heterocycles. The summed E-state index contributed by atoms with van der Waals surface area (Å²) in [5.74, 6) is -0.408. The van der Waals surface area contributed by atoms with Gasteiger partial charge >= 0.3 is 11.9 Å². The van der Waals surface area contributed by atoms with Crippen LogP contribution in [0.15, 0.2) is 127 Å². The fourth-order valence-electron chi connectivity index (χ4n) is 8.04. The van der Waals surface area contributed by atoms with Crippen molar-refractivity contribution in [3.05, 3.63) is 187 Å². The number of anilines is 3. The molecule has 0 atom stereocenters. The number of nitrogens with zero attached hydrogens (tertiary/aromatic N) is 2. The molecule has 350 valence electrons. The van der Waals surface area contributed by atoms with E-state index in [2.05, 4.69) is 44.1 Å². The van der Waals surface area contributed by atoms with Crippen molar-refractivity contribution in [3.8, 4) is 5.75 Å². The number of hydroxylamine groups is 1. The van der Waals surface area contributed by atoms with E-state index in [1.165, 1.54) is 60.0 Å². The van der Waals surface area contributed by atoms with Gasteiger partial charge in [0.15, 0.2) is 0 Å². The molecule has 0 spiro atoms. The largest absolute Gasteiger partial charge is 0.497 e. The molecule has 3 aliphatic heterocycles. The van der Waals surface area contributed by atoms with E-state index in [0.29, 0.717) is 16.7 Å². The van der Waals surface area contributed by atoms with Gasteiger partial charge in [0.2, 0.25) is 0 Å². The van der Waals surface area contributed by atoms with Crippen molar-refractivity contribution in [3.63, 3.8) is 0 Å². The van der Waals surface area contributed by atoms with Crippen LogP contribution in [0.4, 0.5) is 17.1 Å². The minimum atomic E-state index is -0.496. The molecule has 1 amide bonds. The van der Waals surface area contributed by atoms with Gasteiger partial charge in [0, 0.05) is 70.4 Å². The first-order valence-corrected chi connectivity index (χ1v) is 23.1. The van der Waals surface area contributed by atoms with Gasteiger partial charge in [-0.05, 0) is 169 Å². The molecule has 0 unspecified atom stereocenters. The second kappa shape index (κ2) is 25.0. The number of nitrogens with one attached hydrogen (secondary N) is 2.